The predicted molar refractivity (Wildman–Crippen MR) is 69.3 cm³/mol. The maximum atomic E-state index is 13.4. The molecule has 116 valence electrons. The Balaban J connectivity index is 2.84. The van der Waals surface area contributed by atoms with Gasteiger partial charge in [0.1, 0.15) is 17.5 Å². The van der Waals surface area contributed by atoms with Crippen LogP contribution in [0.3, 0.4) is 0 Å². The number of rotatable bonds is 5. The van der Waals surface area contributed by atoms with E-state index in [9.17, 15) is 22.8 Å². The summed E-state index contributed by atoms with van der Waals surface area (Å²) in [6, 6.07) is -1.49. The molecular formula is C13H15F3N2O3. The Morgan fingerprint density at radius 3 is 2.19 bits per heavy atom. The Labute approximate surface area is 119 Å². The number of urea groups is 1. The number of carbonyl (C=O) groups excluding carboxylic acids is 1. The molecule has 0 heterocycles. The highest BCUT2D eigenvalue weighted by molar-refractivity contribution is 5.92. The van der Waals surface area contributed by atoms with Crippen molar-refractivity contribution in [3.05, 3.63) is 29.6 Å². The number of hydrogen-bond donors (Lipinski definition) is 3. The highest BCUT2D eigenvalue weighted by Crippen LogP contribution is 2.20. The average molecular weight is 304 g/mol. The van der Waals surface area contributed by atoms with Crippen LogP contribution in [0, 0.1) is 23.4 Å². The van der Waals surface area contributed by atoms with Crippen molar-refractivity contribution < 1.29 is 27.9 Å². The number of amides is 2. The second-order valence-electron chi connectivity index (χ2n) is 4.54. The molecular weight excluding hydrogens is 289 g/mol. The summed E-state index contributed by atoms with van der Waals surface area (Å²) in [5.74, 6) is -5.36. The first-order chi connectivity index (χ1) is 9.76. The summed E-state index contributed by atoms with van der Waals surface area (Å²) in [7, 11) is 0. The van der Waals surface area contributed by atoms with E-state index >= 15 is 0 Å². The molecule has 5 nitrogen and oxygen atoms in total. The SMILES string of the molecule is CCC(C)C(NC(=O)Nc1c(F)cc(F)cc1F)C(=O)O. The number of carboxylic acid groups (broad SMARTS) is 1. The van der Waals surface area contributed by atoms with Crippen molar-refractivity contribution in [1.29, 1.82) is 0 Å². The lowest BCUT2D eigenvalue weighted by Crippen LogP contribution is -2.46. The van der Waals surface area contributed by atoms with Crippen molar-refractivity contribution in [2.24, 2.45) is 5.92 Å². The lowest BCUT2D eigenvalue weighted by Gasteiger charge is -2.20. The molecule has 8 heteroatoms. The fourth-order valence-electron chi connectivity index (χ4n) is 1.64. The highest BCUT2D eigenvalue weighted by Gasteiger charge is 2.26. The van der Waals surface area contributed by atoms with Gasteiger partial charge in [-0.1, -0.05) is 20.3 Å². The minimum absolute atomic E-state index is 0.379. The van der Waals surface area contributed by atoms with Crippen molar-refractivity contribution in [3.8, 4) is 0 Å². The molecule has 0 aliphatic heterocycles. The lowest BCUT2D eigenvalue weighted by atomic mass is 9.99. The van der Waals surface area contributed by atoms with E-state index in [4.69, 9.17) is 5.11 Å². The van der Waals surface area contributed by atoms with E-state index in [0.29, 0.717) is 18.6 Å². The summed E-state index contributed by atoms with van der Waals surface area (Å²) >= 11 is 0. The topological polar surface area (TPSA) is 78.4 Å². The van der Waals surface area contributed by atoms with Gasteiger partial charge in [0, 0.05) is 12.1 Å². The number of carbonyl (C=O) groups is 2. The van der Waals surface area contributed by atoms with Crippen LogP contribution in [0.15, 0.2) is 12.1 Å². The summed E-state index contributed by atoms with van der Waals surface area (Å²) in [6.45, 7) is 3.34. The van der Waals surface area contributed by atoms with Crippen molar-refractivity contribution in [2.75, 3.05) is 5.32 Å². The molecule has 2 unspecified atom stereocenters. The maximum absolute atomic E-state index is 13.4. The molecule has 2 atom stereocenters. The van der Waals surface area contributed by atoms with Crippen LogP contribution in [0.4, 0.5) is 23.7 Å². The zero-order valence-corrected chi connectivity index (χ0v) is 11.4. The van der Waals surface area contributed by atoms with E-state index in [1.807, 2.05) is 5.32 Å². The third-order valence-electron chi connectivity index (χ3n) is 3.01. The molecule has 0 aromatic heterocycles. The number of carboxylic acids is 1. The molecule has 2 amide bonds. The van der Waals surface area contributed by atoms with Crippen LogP contribution >= 0.6 is 0 Å². The molecule has 1 aromatic rings. The van der Waals surface area contributed by atoms with Crippen molar-refractivity contribution in [1.82, 2.24) is 5.32 Å². The van der Waals surface area contributed by atoms with Crippen molar-refractivity contribution in [3.63, 3.8) is 0 Å². The summed E-state index contributed by atoms with van der Waals surface area (Å²) < 4.78 is 39.4. The standard InChI is InChI=1S/C13H15F3N2O3/c1-3-6(2)10(12(19)20)17-13(21)18-11-8(15)4-7(14)5-9(11)16/h4-6,10H,3H2,1-2H3,(H,19,20)(H2,17,18,21). The van der Waals surface area contributed by atoms with Gasteiger partial charge in [-0.15, -0.1) is 0 Å². The molecule has 0 fully saturated rings. The first-order valence-electron chi connectivity index (χ1n) is 6.21. The third-order valence-corrected chi connectivity index (χ3v) is 3.01. The van der Waals surface area contributed by atoms with Crippen LogP contribution in [0.25, 0.3) is 0 Å². The van der Waals surface area contributed by atoms with Gasteiger partial charge in [0.15, 0.2) is 11.6 Å². The minimum Gasteiger partial charge on any atom is -0.480 e. The van der Waals surface area contributed by atoms with E-state index in [-0.39, 0.29) is 5.92 Å². The van der Waals surface area contributed by atoms with E-state index < -0.39 is 41.2 Å². The van der Waals surface area contributed by atoms with Gasteiger partial charge < -0.3 is 15.7 Å². The van der Waals surface area contributed by atoms with E-state index in [2.05, 4.69) is 5.32 Å². The van der Waals surface area contributed by atoms with Crippen molar-refractivity contribution in [2.45, 2.75) is 26.3 Å². The number of benzene rings is 1. The fraction of sp³-hybridized carbons (Fsp3) is 0.385. The molecule has 0 bridgehead atoms. The fourth-order valence-corrected chi connectivity index (χ4v) is 1.64. The van der Waals surface area contributed by atoms with E-state index in [1.165, 1.54) is 0 Å². The molecule has 0 aliphatic rings. The third kappa shape index (κ3) is 4.37. The summed E-state index contributed by atoms with van der Waals surface area (Å²) in [4.78, 5) is 22.7. The Morgan fingerprint density at radius 2 is 1.76 bits per heavy atom. The van der Waals surface area contributed by atoms with Gasteiger partial charge in [0.2, 0.25) is 0 Å². The lowest BCUT2D eigenvalue weighted by molar-refractivity contribution is -0.140. The molecule has 1 aromatic carbocycles. The van der Waals surface area contributed by atoms with Crippen LogP contribution in [0.5, 0.6) is 0 Å². The van der Waals surface area contributed by atoms with Crippen LogP contribution < -0.4 is 10.6 Å². The number of hydrogen-bond acceptors (Lipinski definition) is 2. The van der Waals surface area contributed by atoms with Gasteiger partial charge in [0.05, 0.1) is 0 Å². The molecule has 0 saturated carbocycles. The average Bonchev–Trinajstić information content (AvgIpc) is 2.39. The number of halogens is 3. The largest absolute Gasteiger partial charge is 0.480 e. The molecule has 21 heavy (non-hydrogen) atoms. The number of anilines is 1. The van der Waals surface area contributed by atoms with Gasteiger partial charge in [0.25, 0.3) is 0 Å². The monoisotopic (exact) mass is 304 g/mol. The first kappa shape index (κ1) is 16.8. The van der Waals surface area contributed by atoms with Gasteiger partial charge in [-0.2, -0.15) is 0 Å². The first-order valence-corrected chi connectivity index (χ1v) is 6.21. The second-order valence-corrected chi connectivity index (χ2v) is 4.54. The van der Waals surface area contributed by atoms with Crippen LogP contribution in [-0.4, -0.2) is 23.1 Å². The van der Waals surface area contributed by atoms with Crippen LogP contribution in [0.1, 0.15) is 20.3 Å². The summed E-state index contributed by atoms with van der Waals surface area (Å²) in [5.41, 5.74) is -0.845. The highest BCUT2D eigenvalue weighted by atomic mass is 19.1. The van der Waals surface area contributed by atoms with Gasteiger partial charge in [-0.25, -0.2) is 22.8 Å². The van der Waals surface area contributed by atoms with E-state index in [1.54, 1.807) is 13.8 Å². The van der Waals surface area contributed by atoms with Gasteiger partial charge >= 0.3 is 12.0 Å². The predicted octanol–water partition coefficient (Wildman–Crippen LogP) is 2.72. The molecule has 0 aliphatic carbocycles. The maximum Gasteiger partial charge on any atom is 0.326 e. The Hall–Kier alpha value is -2.25. The molecule has 0 saturated heterocycles. The van der Waals surface area contributed by atoms with Crippen molar-refractivity contribution >= 4 is 17.7 Å². The molecule has 3 N–H and O–H groups in total. The van der Waals surface area contributed by atoms with E-state index in [0.717, 1.165) is 0 Å². The Kier molecular flexibility index (Phi) is 5.57. The zero-order chi connectivity index (χ0) is 16.2. The number of nitrogens with one attached hydrogen (secondary N) is 2. The smallest absolute Gasteiger partial charge is 0.326 e. The Morgan fingerprint density at radius 1 is 1.24 bits per heavy atom. The van der Waals surface area contributed by atoms with Crippen LogP contribution in [0.2, 0.25) is 0 Å². The quantitative estimate of drug-likeness (QED) is 0.782. The second kappa shape index (κ2) is 6.96. The summed E-state index contributed by atoms with van der Waals surface area (Å²) in [5, 5.41) is 12.9. The molecule has 0 spiro atoms. The molecule has 0 radical (unpaired) electrons. The minimum atomic E-state index is -1.29. The zero-order valence-electron chi connectivity index (χ0n) is 11.4. The van der Waals surface area contributed by atoms with Gasteiger partial charge in [-0.3, -0.25) is 0 Å². The Bertz CT molecular complexity index is 528. The van der Waals surface area contributed by atoms with Crippen LogP contribution in [-0.2, 0) is 4.79 Å². The molecule has 1 rings (SSSR count). The normalized spacial score (nSPS) is 13.4. The number of aliphatic carboxylic acids is 1. The van der Waals surface area contributed by atoms with Gasteiger partial charge in [-0.05, 0) is 5.92 Å². The summed E-state index contributed by atoms with van der Waals surface area (Å²) in [6.07, 6.45) is 0.483.